The number of aromatic nitrogens is 2. The summed E-state index contributed by atoms with van der Waals surface area (Å²) in [4.78, 5) is 0. The first-order valence-electron chi connectivity index (χ1n) is 5.12. The van der Waals surface area contributed by atoms with Crippen LogP contribution in [0.25, 0.3) is 0 Å². The van der Waals surface area contributed by atoms with Crippen LogP contribution in [0.1, 0.15) is 45.7 Å². The Morgan fingerprint density at radius 1 is 1.31 bits per heavy atom. The maximum Gasteiger partial charge on any atom is 0.0521 e. The van der Waals surface area contributed by atoms with E-state index in [2.05, 4.69) is 39.0 Å². The van der Waals surface area contributed by atoms with Gasteiger partial charge in [-0.05, 0) is 38.2 Å². The third-order valence-corrected chi connectivity index (χ3v) is 2.19. The Hall–Kier alpha value is -0.790. The Balaban J connectivity index is 2.49. The lowest BCUT2D eigenvalue weighted by atomic mass is 10.1. The van der Waals surface area contributed by atoms with Crippen molar-refractivity contribution in [2.45, 2.75) is 46.6 Å². The van der Waals surface area contributed by atoms with E-state index < -0.39 is 0 Å². The fourth-order valence-corrected chi connectivity index (χ4v) is 1.24. The van der Waals surface area contributed by atoms with Crippen molar-refractivity contribution in [3.05, 3.63) is 18.0 Å². The van der Waals surface area contributed by atoms with Gasteiger partial charge in [-0.3, -0.25) is 4.68 Å². The molecule has 13 heavy (non-hydrogen) atoms. The van der Waals surface area contributed by atoms with Crippen LogP contribution in [0.5, 0.6) is 0 Å². The highest BCUT2D eigenvalue weighted by Gasteiger charge is 2.02. The predicted octanol–water partition coefficient (Wildman–Crippen LogP) is 3.05. The first kappa shape index (κ1) is 10.3. The topological polar surface area (TPSA) is 17.8 Å². The van der Waals surface area contributed by atoms with Gasteiger partial charge in [0.15, 0.2) is 0 Å². The molecule has 0 aromatic carbocycles. The van der Waals surface area contributed by atoms with Crippen LogP contribution in [0.4, 0.5) is 0 Å². The van der Waals surface area contributed by atoms with E-state index >= 15 is 0 Å². The van der Waals surface area contributed by atoms with Gasteiger partial charge < -0.3 is 0 Å². The van der Waals surface area contributed by atoms with Gasteiger partial charge in [0.1, 0.15) is 0 Å². The molecule has 0 atom stereocenters. The summed E-state index contributed by atoms with van der Waals surface area (Å²) in [5.74, 6) is 0.780. The molecule has 0 unspecified atom stereocenters. The minimum absolute atomic E-state index is 0.479. The van der Waals surface area contributed by atoms with E-state index in [1.54, 1.807) is 0 Å². The third kappa shape index (κ3) is 3.21. The molecule has 0 aliphatic carbocycles. The van der Waals surface area contributed by atoms with Crippen molar-refractivity contribution in [1.29, 1.82) is 0 Å². The first-order chi connectivity index (χ1) is 6.09. The van der Waals surface area contributed by atoms with E-state index in [4.69, 9.17) is 0 Å². The molecule has 1 heterocycles. The number of rotatable bonds is 4. The van der Waals surface area contributed by atoms with Gasteiger partial charge in [0.25, 0.3) is 0 Å². The molecule has 0 bridgehead atoms. The molecule has 0 spiro atoms. The van der Waals surface area contributed by atoms with Crippen LogP contribution in [-0.4, -0.2) is 9.78 Å². The minimum atomic E-state index is 0.479. The summed E-state index contributed by atoms with van der Waals surface area (Å²) in [5.41, 5.74) is 1.36. The zero-order valence-corrected chi connectivity index (χ0v) is 9.12. The summed E-state index contributed by atoms with van der Waals surface area (Å²) in [6.07, 6.45) is 6.56. The monoisotopic (exact) mass is 180 g/mol. The molecule has 0 fully saturated rings. The molecule has 2 heteroatoms. The lowest BCUT2D eigenvalue weighted by molar-refractivity contribution is 0.531. The van der Waals surface area contributed by atoms with Gasteiger partial charge in [-0.25, -0.2) is 0 Å². The van der Waals surface area contributed by atoms with Crippen molar-refractivity contribution in [2.24, 2.45) is 5.92 Å². The van der Waals surface area contributed by atoms with Crippen molar-refractivity contribution >= 4 is 0 Å². The normalized spacial score (nSPS) is 11.5. The maximum atomic E-state index is 4.31. The second-order valence-electron chi connectivity index (χ2n) is 4.35. The average Bonchev–Trinajstić information content (AvgIpc) is 2.48. The summed E-state index contributed by atoms with van der Waals surface area (Å²) in [7, 11) is 0. The Morgan fingerprint density at radius 3 is 2.46 bits per heavy atom. The third-order valence-electron chi connectivity index (χ3n) is 2.19. The Morgan fingerprint density at radius 2 is 2.00 bits per heavy atom. The van der Waals surface area contributed by atoms with Crippen LogP contribution in [0.15, 0.2) is 12.4 Å². The Bertz CT molecular complexity index is 248. The SMILES string of the molecule is CC(C)CCc1cnn(C(C)C)c1. The van der Waals surface area contributed by atoms with Gasteiger partial charge in [-0.15, -0.1) is 0 Å². The fraction of sp³-hybridized carbons (Fsp3) is 0.727. The average molecular weight is 180 g/mol. The summed E-state index contributed by atoms with van der Waals surface area (Å²) in [6.45, 7) is 8.82. The second kappa shape index (κ2) is 4.45. The first-order valence-corrected chi connectivity index (χ1v) is 5.12. The predicted molar refractivity (Wildman–Crippen MR) is 55.8 cm³/mol. The molecule has 0 aliphatic heterocycles. The van der Waals surface area contributed by atoms with Crippen LogP contribution >= 0.6 is 0 Å². The lowest BCUT2D eigenvalue weighted by Gasteiger charge is -2.03. The standard InChI is InChI=1S/C11H20N2/c1-9(2)5-6-11-7-12-13(8-11)10(3)4/h7-10H,5-6H2,1-4H3. The number of hydrogen-bond acceptors (Lipinski definition) is 1. The van der Waals surface area contributed by atoms with Crippen LogP contribution in [0.3, 0.4) is 0 Å². The maximum absolute atomic E-state index is 4.31. The molecule has 0 aliphatic rings. The molecular weight excluding hydrogens is 160 g/mol. The van der Waals surface area contributed by atoms with Crippen LogP contribution in [-0.2, 0) is 6.42 Å². The second-order valence-corrected chi connectivity index (χ2v) is 4.35. The quantitative estimate of drug-likeness (QED) is 0.696. The highest BCUT2D eigenvalue weighted by atomic mass is 15.3. The van der Waals surface area contributed by atoms with Crippen molar-refractivity contribution in [3.63, 3.8) is 0 Å². The number of hydrogen-bond donors (Lipinski definition) is 0. The molecule has 0 radical (unpaired) electrons. The smallest absolute Gasteiger partial charge is 0.0521 e. The Kier molecular flexibility index (Phi) is 3.52. The van der Waals surface area contributed by atoms with Crippen molar-refractivity contribution in [3.8, 4) is 0 Å². The van der Waals surface area contributed by atoms with E-state index in [9.17, 15) is 0 Å². The summed E-state index contributed by atoms with van der Waals surface area (Å²) in [6, 6.07) is 0.479. The van der Waals surface area contributed by atoms with Gasteiger partial charge in [0, 0.05) is 12.2 Å². The minimum Gasteiger partial charge on any atom is -0.270 e. The van der Waals surface area contributed by atoms with Gasteiger partial charge in [-0.2, -0.15) is 5.10 Å². The molecular formula is C11H20N2. The van der Waals surface area contributed by atoms with Crippen molar-refractivity contribution in [1.82, 2.24) is 9.78 Å². The van der Waals surface area contributed by atoms with Gasteiger partial charge in [-0.1, -0.05) is 13.8 Å². The van der Waals surface area contributed by atoms with E-state index in [1.165, 1.54) is 12.0 Å². The van der Waals surface area contributed by atoms with E-state index in [0.29, 0.717) is 6.04 Å². The Labute approximate surface area is 81.0 Å². The number of aryl methyl sites for hydroxylation is 1. The zero-order valence-electron chi connectivity index (χ0n) is 9.12. The summed E-state index contributed by atoms with van der Waals surface area (Å²) in [5, 5.41) is 4.31. The van der Waals surface area contributed by atoms with E-state index in [-0.39, 0.29) is 0 Å². The van der Waals surface area contributed by atoms with Crippen molar-refractivity contribution < 1.29 is 0 Å². The molecule has 0 saturated carbocycles. The summed E-state index contributed by atoms with van der Waals surface area (Å²) >= 11 is 0. The fourth-order valence-electron chi connectivity index (χ4n) is 1.24. The highest BCUT2D eigenvalue weighted by molar-refractivity contribution is 5.04. The van der Waals surface area contributed by atoms with Crippen LogP contribution in [0.2, 0.25) is 0 Å². The summed E-state index contributed by atoms with van der Waals surface area (Å²) < 4.78 is 2.02. The zero-order chi connectivity index (χ0) is 9.84. The van der Waals surface area contributed by atoms with Gasteiger partial charge >= 0.3 is 0 Å². The molecule has 2 nitrogen and oxygen atoms in total. The molecule has 1 aromatic rings. The van der Waals surface area contributed by atoms with Gasteiger partial charge in [0.2, 0.25) is 0 Å². The van der Waals surface area contributed by atoms with Gasteiger partial charge in [0.05, 0.1) is 6.20 Å². The van der Waals surface area contributed by atoms with E-state index in [0.717, 1.165) is 12.3 Å². The van der Waals surface area contributed by atoms with Crippen LogP contribution < -0.4 is 0 Å². The molecule has 1 rings (SSSR count). The molecule has 0 amide bonds. The molecule has 0 saturated heterocycles. The molecule has 0 N–H and O–H groups in total. The molecule has 74 valence electrons. The molecule has 1 aromatic heterocycles. The highest BCUT2D eigenvalue weighted by Crippen LogP contribution is 2.10. The van der Waals surface area contributed by atoms with Crippen LogP contribution in [0, 0.1) is 5.92 Å². The lowest BCUT2D eigenvalue weighted by Crippen LogP contribution is -2.00. The largest absolute Gasteiger partial charge is 0.270 e. The van der Waals surface area contributed by atoms with Crippen molar-refractivity contribution in [2.75, 3.05) is 0 Å². The van der Waals surface area contributed by atoms with E-state index in [1.807, 2.05) is 10.9 Å². The number of nitrogens with zero attached hydrogens (tertiary/aromatic N) is 2.